The maximum absolute atomic E-state index is 6.21. The van der Waals surface area contributed by atoms with Gasteiger partial charge in [0.05, 0.1) is 11.5 Å². The van der Waals surface area contributed by atoms with Crippen molar-refractivity contribution in [2.75, 3.05) is 0 Å². The molecule has 1 heterocycles. The van der Waals surface area contributed by atoms with Gasteiger partial charge in [0, 0.05) is 0 Å². The summed E-state index contributed by atoms with van der Waals surface area (Å²) in [5.74, 6) is 1.71. The van der Waals surface area contributed by atoms with Crippen LogP contribution >= 0.6 is 0 Å². The molecular formula is C17H23N3O. The monoisotopic (exact) mass is 285 g/mol. The number of nitrogens with zero attached hydrogens (tertiary/aromatic N) is 2. The molecule has 112 valence electrons. The molecule has 0 saturated heterocycles. The van der Waals surface area contributed by atoms with Gasteiger partial charge in [0.25, 0.3) is 0 Å². The molecule has 2 atom stereocenters. The van der Waals surface area contributed by atoms with Crippen molar-refractivity contribution in [3.63, 3.8) is 0 Å². The van der Waals surface area contributed by atoms with Gasteiger partial charge >= 0.3 is 0 Å². The molecule has 1 unspecified atom stereocenters. The van der Waals surface area contributed by atoms with Crippen LogP contribution in [0.3, 0.4) is 0 Å². The second kappa shape index (κ2) is 5.60. The Hall–Kier alpha value is -1.68. The van der Waals surface area contributed by atoms with E-state index >= 15 is 0 Å². The third kappa shape index (κ3) is 2.38. The Labute approximate surface area is 125 Å². The molecule has 0 amide bonds. The molecule has 0 bridgehead atoms. The van der Waals surface area contributed by atoms with Gasteiger partial charge in [-0.3, -0.25) is 0 Å². The van der Waals surface area contributed by atoms with Crippen LogP contribution in [0.4, 0.5) is 0 Å². The summed E-state index contributed by atoms with van der Waals surface area (Å²) in [6, 6.07) is 10.3. The zero-order valence-corrected chi connectivity index (χ0v) is 12.7. The molecule has 3 rings (SSSR count). The van der Waals surface area contributed by atoms with E-state index in [4.69, 9.17) is 10.3 Å². The Morgan fingerprint density at radius 2 is 2.00 bits per heavy atom. The predicted octanol–water partition coefficient (Wildman–Crippen LogP) is 3.59. The third-order valence-electron chi connectivity index (χ3n) is 4.95. The molecule has 2 N–H and O–H groups in total. The number of nitrogens with two attached hydrogens (primary N) is 1. The molecule has 1 aromatic heterocycles. The number of hydrogen-bond acceptors (Lipinski definition) is 4. The topological polar surface area (TPSA) is 64.9 Å². The lowest BCUT2D eigenvalue weighted by molar-refractivity contribution is 0.266. The van der Waals surface area contributed by atoms with E-state index in [0.29, 0.717) is 11.8 Å². The Morgan fingerprint density at radius 3 is 2.57 bits per heavy atom. The SMILES string of the molecule is CCC(C)[C@H](N)c1nc(C2(c3ccccc3)CCC2)no1. The zero-order valence-electron chi connectivity index (χ0n) is 12.7. The molecule has 21 heavy (non-hydrogen) atoms. The van der Waals surface area contributed by atoms with Gasteiger partial charge in [-0.25, -0.2) is 0 Å². The van der Waals surface area contributed by atoms with Crippen LogP contribution in [-0.4, -0.2) is 10.1 Å². The molecule has 0 radical (unpaired) electrons. The second-order valence-corrected chi connectivity index (χ2v) is 6.17. The Balaban J connectivity index is 1.91. The van der Waals surface area contributed by atoms with Crippen LogP contribution in [0, 0.1) is 5.92 Å². The van der Waals surface area contributed by atoms with Gasteiger partial charge in [-0.05, 0) is 24.3 Å². The fourth-order valence-electron chi connectivity index (χ4n) is 2.99. The summed E-state index contributed by atoms with van der Waals surface area (Å²) in [7, 11) is 0. The van der Waals surface area contributed by atoms with E-state index in [0.717, 1.165) is 25.1 Å². The average molecular weight is 285 g/mol. The summed E-state index contributed by atoms with van der Waals surface area (Å²) in [5.41, 5.74) is 7.41. The van der Waals surface area contributed by atoms with E-state index in [2.05, 4.69) is 48.3 Å². The lowest BCUT2D eigenvalue weighted by Gasteiger charge is -2.39. The molecule has 1 aromatic carbocycles. The van der Waals surface area contributed by atoms with Gasteiger partial charge in [0.2, 0.25) is 5.89 Å². The number of benzene rings is 1. The lowest BCUT2D eigenvalue weighted by atomic mass is 9.64. The summed E-state index contributed by atoms with van der Waals surface area (Å²) in [6.45, 7) is 4.24. The molecule has 1 saturated carbocycles. The van der Waals surface area contributed by atoms with E-state index in [-0.39, 0.29) is 11.5 Å². The van der Waals surface area contributed by atoms with Crippen LogP contribution in [-0.2, 0) is 5.41 Å². The standard InChI is InChI=1S/C17H23N3O/c1-3-12(2)14(18)15-19-16(20-21-15)17(10-7-11-17)13-8-5-4-6-9-13/h4-6,8-9,12,14H,3,7,10-11,18H2,1-2H3/t12?,14-/m0/s1. The van der Waals surface area contributed by atoms with Crippen molar-refractivity contribution in [1.29, 1.82) is 0 Å². The van der Waals surface area contributed by atoms with Gasteiger partial charge in [-0.2, -0.15) is 4.98 Å². The van der Waals surface area contributed by atoms with Crippen molar-refractivity contribution in [2.24, 2.45) is 11.7 Å². The molecule has 2 aromatic rings. The van der Waals surface area contributed by atoms with Gasteiger partial charge in [-0.15, -0.1) is 0 Å². The van der Waals surface area contributed by atoms with Crippen LogP contribution in [0.1, 0.15) is 62.9 Å². The molecular weight excluding hydrogens is 262 g/mol. The van der Waals surface area contributed by atoms with E-state index in [1.54, 1.807) is 0 Å². The van der Waals surface area contributed by atoms with Crippen LogP contribution < -0.4 is 5.73 Å². The van der Waals surface area contributed by atoms with Gasteiger partial charge in [0.1, 0.15) is 0 Å². The number of hydrogen-bond donors (Lipinski definition) is 1. The summed E-state index contributed by atoms with van der Waals surface area (Å²) < 4.78 is 5.47. The summed E-state index contributed by atoms with van der Waals surface area (Å²) in [6.07, 6.45) is 4.36. The number of rotatable bonds is 5. The van der Waals surface area contributed by atoms with Crippen molar-refractivity contribution < 1.29 is 4.52 Å². The minimum atomic E-state index is -0.177. The average Bonchev–Trinajstić information content (AvgIpc) is 2.95. The van der Waals surface area contributed by atoms with Crippen LogP contribution in [0.15, 0.2) is 34.9 Å². The molecule has 0 spiro atoms. The Bertz CT molecular complexity index is 589. The van der Waals surface area contributed by atoms with Crippen LogP contribution in [0.25, 0.3) is 0 Å². The molecule has 1 aliphatic rings. The zero-order chi connectivity index (χ0) is 14.9. The van der Waals surface area contributed by atoms with Crippen molar-refractivity contribution in [3.8, 4) is 0 Å². The molecule has 0 aliphatic heterocycles. The fourth-order valence-corrected chi connectivity index (χ4v) is 2.99. The fraction of sp³-hybridized carbons (Fsp3) is 0.529. The lowest BCUT2D eigenvalue weighted by Crippen LogP contribution is -2.36. The minimum absolute atomic E-state index is 0.0712. The van der Waals surface area contributed by atoms with E-state index < -0.39 is 0 Å². The maximum atomic E-state index is 6.21. The van der Waals surface area contributed by atoms with Crippen LogP contribution in [0.5, 0.6) is 0 Å². The van der Waals surface area contributed by atoms with Crippen molar-refractivity contribution >= 4 is 0 Å². The van der Waals surface area contributed by atoms with E-state index in [1.807, 2.05) is 6.07 Å². The Morgan fingerprint density at radius 1 is 1.29 bits per heavy atom. The molecule has 4 nitrogen and oxygen atoms in total. The molecule has 1 fully saturated rings. The van der Waals surface area contributed by atoms with Crippen molar-refractivity contribution in [1.82, 2.24) is 10.1 Å². The highest BCUT2D eigenvalue weighted by atomic mass is 16.5. The van der Waals surface area contributed by atoms with Crippen molar-refractivity contribution in [3.05, 3.63) is 47.6 Å². The normalized spacial score (nSPS) is 19.8. The summed E-state index contributed by atoms with van der Waals surface area (Å²) >= 11 is 0. The minimum Gasteiger partial charge on any atom is -0.338 e. The quantitative estimate of drug-likeness (QED) is 0.911. The third-order valence-corrected chi connectivity index (χ3v) is 4.95. The van der Waals surface area contributed by atoms with Crippen LogP contribution in [0.2, 0.25) is 0 Å². The predicted molar refractivity (Wildman–Crippen MR) is 81.8 cm³/mol. The first-order valence-corrected chi connectivity index (χ1v) is 7.82. The highest BCUT2D eigenvalue weighted by molar-refractivity contribution is 5.35. The van der Waals surface area contributed by atoms with Gasteiger partial charge < -0.3 is 10.3 Å². The second-order valence-electron chi connectivity index (χ2n) is 6.17. The smallest absolute Gasteiger partial charge is 0.243 e. The summed E-state index contributed by atoms with van der Waals surface area (Å²) in [5, 5.41) is 4.26. The highest BCUT2D eigenvalue weighted by Gasteiger charge is 2.44. The van der Waals surface area contributed by atoms with Gasteiger partial charge in [-0.1, -0.05) is 62.2 Å². The first-order chi connectivity index (χ1) is 10.2. The van der Waals surface area contributed by atoms with E-state index in [9.17, 15) is 0 Å². The summed E-state index contributed by atoms with van der Waals surface area (Å²) in [4.78, 5) is 4.65. The first kappa shape index (κ1) is 14.3. The largest absolute Gasteiger partial charge is 0.338 e. The number of aromatic nitrogens is 2. The molecule has 1 aliphatic carbocycles. The highest BCUT2D eigenvalue weighted by Crippen LogP contribution is 2.47. The van der Waals surface area contributed by atoms with E-state index in [1.165, 1.54) is 12.0 Å². The molecule has 4 heteroatoms. The van der Waals surface area contributed by atoms with Gasteiger partial charge in [0.15, 0.2) is 5.82 Å². The first-order valence-electron chi connectivity index (χ1n) is 7.82. The Kier molecular flexibility index (Phi) is 3.81. The maximum Gasteiger partial charge on any atom is 0.243 e. The van der Waals surface area contributed by atoms with Crippen molar-refractivity contribution in [2.45, 2.75) is 51.0 Å².